The molecule has 6 nitrogen and oxygen atoms in total. The molecule has 0 radical (unpaired) electrons. The van der Waals surface area contributed by atoms with Crippen LogP contribution in [0.5, 0.6) is 5.75 Å². The fourth-order valence-corrected chi connectivity index (χ4v) is 2.79. The number of para-hydroxylation sites is 1. The Morgan fingerprint density at radius 2 is 1.71 bits per heavy atom. The predicted octanol–water partition coefficient (Wildman–Crippen LogP) is 4.41. The van der Waals surface area contributed by atoms with Crippen LogP contribution in [-0.4, -0.2) is 31.6 Å². The van der Waals surface area contributed by atoms with Crippen molar-refractivity contribution in [3.63, 3.8) is 0 Å². The molecule has 0 bridgehead atoms. The fraction of sp³-hybridized carbons (Fsp3) is 0.273. The highest BCUT2D eigenvalue weighted by Gasteiger charge is 2.22. The number of hydrogen-bond acceptors (Lipinski definition) is 6. The van der Waals surface area contributed by atoms with Crippen LogP contribution in [0.15, 0.2) is 52.9 Å². The van der Waals surface area contributed by atoms with Gasteiger partial charge in [0.2, 0.25) is 5.76 Å². The first-order valence-electron chi connectivity index (χ1n) is 9.15. The lowest BCUT2D eigenvalue weighted by atomic mass is 10.1. The molecule has 3 rings (SSSR count). The minimum Gasteiger partial charge on any atom is -0.494 e. The number of ether oxygens (including phenoxy) is 3. The van der Waals surface area contributed by atoms with Gasteiger partial charge in [0, 0.05) is 23.1 Å². The van der Waals surface area contributed by atoms with Gasteiger partial charge in [-0.1, -0.05) is 18.2 Å². The molecular weight excluding hydrogens is 360 g/mol. The molecule has 0 N–H and O–H groups in total. The number of carbonyl (C=O) groups excluding carboxylic acids is 2. The fourth-order valence-electron chi connectivity index (χ4n) is 2.79. The Bertz CT molecular complexity index is 955. The van der Waals surface area contributed by atoms with E-state index in [1.54, 1.807) is 30.3 Å². The van der Waals surface area contributed by atoms with Gasteiger partial charge < -0.3 is 18.6 Å². The second kappa shape index (κ2) is 9.19. The van der Waals surface area contributed by atoms with Gasteiger partial charge in [0.25, 0.3) is 0 Å². The van der Waals surface area contributed by atoms with Crippen LogP contribution < -0.4 is 4.74 Å². The van der Waals surface area contributed by atoms with E-state index < -0.39 is 5.97 Å². The van der Waals surface area contributed by atoms with Gasteiger partial charge in [0.05, 0.1) is 13.2 Å². The van der Waals surface area contributed by atoms with Gasteiger partial charge in [0.1, 0.15) is 11.3 Å². The first-order chi connectivity index (χ1) is 13.6. The smallest absolute Gasteiger partial charge is 0.375 e. The molecule has 0 aliphatic carbocycles. The van der Waals surface area contributed by atoms with E-state index in [-0.39, 0.29) is 24.8 Å². The van der Waals surface area contributed by atoms with E-state index in [9.17, 15) is 9.59 Å². The second-order valence-corrected chi connectivity index (χ2v) is 6.00. The summed E-state index contributed by atoms with van der Waals surface area (Å²) in [5.41, 5.74) is 1.63. The number of carbonyl (C=O) groups is 2. The van der Waals surface area contributed by atoms with Crippen molar-refractivity contribution >= 4 is 22.7 Å². The van der Waals surface area contributed by atoms with Crippen LogP contribution in [0, 0.1) is 0 Å². The van der Waals surface area contributed by atoms with Crippen molar-refractivity contribution in [2.75, 3.05) is 19.8 Å². The van der Waals surface area contributed by atoms with Crippen molar-refractivity contribution in [2.45, 2.75) is 20.5 Å². The van der Waals surface area contributed by atoms with Crippen LogP contribution in [0.2, 0.25) is 0 Å². The monoisotopic (exact) mass is 382 g/mol. The Morgan fingerprint density at radius 1 is 0.964 bits per heavy atom. The van der Waals surface area contributed by atoms with Gasteiger partial charge in [-0.15, -0.1) is 0 Å². The highest BCUT2D eigenvalue weighted by Crippen LogP contribution is 2.27. The number of fused-ring (bicyclic) bond motifs is 1. The van der Waals surface area contributed by atoms with Crippen molar-refractivity contribution in [2.24, 2.45) is 0 Å². The number of furan rings is 1. The molecule has 0 unspecified atom stereocenters. The van der Waals surface area contributed by atoms with E-state index in [1.807, 2.05) is 32.0 Å². The first-order valence-corrected chi connectivity index (χ1v) is 9.15. The number of esters is 1. The molecule has 0 saturated heterocycles. The molecule has 0 spiro atoms. The normalized spacial score (nSPS) is 10.8. The van der Waals surface area contributed by atoms with Crippen LogP contribution in [0.25, 0.3) is 11.0 Å². The number of Topliss-reactive ketones (excluding diaryl/α,β-unsaturated/α-hetero) is 1. The van der Waals surface area contributed by atoms with Crippen molar-refractivity contribution < 1.29 is 28.2 Å². The summed E-state index contributed by atoms with van der Waals surface area (Å²) in [7, 11) is 0. The van der Waals surface area contributed by atoms with E-state index in [0.717, 1.165) is 5.39 Å². The van der Waals surface area contributed by atoms with E-state index in [1.165, 1.54) is 0 Å². The van der Waals surface area contributed by atoms with E-state index in [4.69, 9.17) is 18.6 Å². The summed E-state index contributed by atoms with van der Waals surface area (Å²) >= 11 is 0. The standard InChI is InChI=1S/C22H22O6/c1-3-25-13-18-17-7-5-6-8-20(17)28-21(18)22(24)27-14-19(23)15-9-11-16(12-10-15)26-4-2/h5-12H,3-4,13-14H2,1-2H3. The van der Waals surface area contributed by atoms with E-state index in [2.05, 4.69) is 0 Å². The summed E-state index contributed by atoms with van der Waals surface area (Å²) in [6.07, 6.45) is 0. The maximum absolute atomic E-state index is 12.5. The molecular formula is C22H22O6. The van der Waals surface area contributed by atoms with Gasteiger partial charge in [-0.05, 0) is 44.2 Å². The average molecular weight is 382 g/mol. The summed E-state index contributed by atoms with van der Waals surface area (Å²) in [6, 6.07) is 14.0. The Balaban J connectivity index is 1.71. The van der Waals surface area contributed by atoms with Gasteiger partial charge in [-0.25, -0.2) is 4.79 Å². The highest BCUT2D eigenvalue weighted by molar-refractivity contribution is 6.00. The van der Waals surface area contributed by atoms with Crippen molar-refractivity contribution in [3.8, 4) is 5.75 Å². The lowest BCUT2D eigenvalue weighted by Crippen LogP contribution is -2.15. The van der Waals surface area contributed by atoms with Gasteiger partial charge in [0.15, 0.2) is 12.4 Å². The predicted molar refractivity (Wildman–Crippen MR) is 104 cm³/mol. The second-order valence-electron chi connectivity index (χ2n) is 6.00. The van der Waals surface area contributed by atoms with Crippen LogP contribution in [0.1, 0.15) is 40.3 Å². The largest absolute Gasteiger partial charge is 0.494 e. The number of rotatable bonds is 9. The maximum Gasteiger partial charge on any atom is 0.375 e. The zero-order chi connectivity index (χ0) is 19.9. The highest BCUT2D eigenvalue weighted by atomic mass is 16.5. The number of benzene rings is 2. The molecule has 2 aromatic carbocycles. The molecule has 0 fully saturated rings. The molecule has 0 atom stereocenters. The lowest BCUT2D eigenvalue weighted by Gasteiger charge is -2.06. The summed E-state index contributed by atoms with van der Waals surface area (Å²) in [6.45, 7) is 4.66. The molecule has 6 heteroatoms. The summed E-state index contributed by atoms with van der Waals surface area (Å²) in [4.78, 5) is 24.8. The Morgan fingerprint density at radius 3 is 2.43 bits per heavy atom. The minimum atomic E-state index is -0.690. The molecule has 1 aromatic heterocycles. The number of hydrogen-bond donors (Lipinski definition) is 0. The maximum atomic E-state index is 12.5. The summed E-state index contributed by atoms with van der Waals surface area (Å²) in [5, 5.41) is 0.792. The molecule has 0 amide bonds. The van der Waals surface area contributed by atoms with Crippen LogP contribution in [-0.2, 0) is 16.1 Å². The SMILES string of the molecule is CCOCc1c(C(=O)OCC(=O)c2ccc(OCC)cc2)oc2ccccc12. The third-order valence-corrected chi connectivity index (χ3v) is 4.16. The zero-order valence-electron chi connectivity index (χ0n) is 15.9. The molecule has 1 heterocycles. The minimum absolute atomic E-state index is 0.0640. The van der Waals surface area contributed by atoms with E-state index in [0.29, 0.717) is 35.7 Å². The summed E-state index contributed by atoms with van der Waals surface area (Å²) < 4.78 is 21.7. The van der Waals surface area contributed by atoms with Crippen molar-refractivity contribution in [3.05, 3.63) is 65.4 Å². The van der Waals surface area contributed by atoms with Gasteiger partial charge in [-0.3, -0.25) is 4.79 Å². The van der Waals surface area contributed by atoms with E-state index >= 15 is 0 Å². The molecule has 0 aliphatic rings. The third-order valence-electron chi connectivity index (χ3n) is 4.16. The molecule has 3 aromatic rings. The summed E-state index contributed by atoms with van der Waals surface area (Å²) in [5.74, 6) is -0.253. The van der Waals surface area contributed by atoms with Crippen molar-refractivity contribution in [1.29, 1.82) is 0 Å². The average Bonchev–Trinajstić information content (AvgIpc) is 3.09. The van der Waals surface area contributed by atoms with Crippen LogP contribution >= 0.6 is 0 Å². The first kappa shape index (κ1) is 19.6. The Labute approximate surface area is 163 Å². The Hall–Kier alpha value is -3.12. The zero-order valence-corrected chi connectivity index (χ0v) is 15.9. The number of ketones is 1. The Kier molecular flexibility index (Phi) is 6.45. The molecule has 0 aliphatic heterocycles. The quantitative estimate of drug-likeness (QED) is 0.403. The van der Waals surface area contributed by atoms with Gasteiger partial charge >= 0.3 is 5.97 Å². The molecule has 0 saturated carbocycles. The third kappa shape index (κ3) is 4.40. The van der Waals surface area contributed by atoms with Crippen LogP contribution in [0.4, 0.5) is 0 Å². The molecule has 146 valence electrons. The molecule has 28 heavy (non-hydrogen) atoms. The van der Waals surface area contributed by atoms with Crippen molar-refractivity contribution in [1.82, 2.24) is 0 Å². The lowest BCUT2D eigenvalue weighted by molar-refractivity contribution is 0.0439. The topological polar surface area (TPSA) is 75.0 Å². The van der Waals surface area contributed by atoms with Gasteiger partial charge in [-0.2, -0.15) is 0 Å². The van der Waals surface area contributed by atoms with Crippen LogP contribution in [0.3, 0.4) is 0 Å².